The van der Waals surface area contributed by atoms with E-state index >= 15 is 0 Å². The molecular weight excluding hydrogens is 726 g/mol. The molecule has 0 bridgehead atoms. The second-order valence-electron chi connectivity index (χ2n) is 10.1. The zero-order chi connectivity index (χ0) is 33.9. The Bertz CT molecular complexity index is 1650. The number of allylic oxidation sites excluding steroid dienone is 1. The minimum Gasteiger partial charge on any atom is -0.490 e. The lowest BCUT2D eigenvalue weighted by Gasteiger charge is -2.28. The van der Waals surface area contributed by atoms with Crippen LogP contribution in [0.3, 0.4) is 0 Å². The molecule has 0 spiro atoms. The molecule has 47 heavy (non-hydrogen) atoms. The molecule has 4 rings (SSSR count). The molecule has 0 aliphatic carbocycles. The van der Waals surface area contributed by atoms with Crippen LogP contribution >= 0.6 is 22.6 Å². The van der Waals surface area contributed by atoms with Crippen molar-refractivity contribution in [3.05, 3.63) is 91.9 Å². The molecule has 1 aliphatic heterocycles. The number of hydrogen-bond acceptors (Lipinski definition) is 10. The van der Waals surface area contributed by atoms with Gasteiger partial charge in [-0.2, -0.15) is 5.10 Å². The topological polar surface area (TPSA) is 149 Å². The van der Waals surface area contributed by atoms with Crippen LogP contribution in [0.5, 0.6) is 23.0 Å². The second kappa shape index (κ2) is 16.8. The van der Waals surface area contributed by atoms with Gasteiger partial charge in [0.1, 0.15) is 19.0 Å². The quantitative estimate of drug-likeness (QED) is 0.0557. The normalized spacial score (nSPS) is 15.0. The van der Waals surface area contributed by atoms with Gasteiger partial charge in [-0.15, -0.1) is 0 Å². The molecule has 1 aliphatic rings. The molecule has 3 aromatic carbocycles. The molecule has 1 heterocycles. The Morgan fingerprint density at radius 3 is 2.53 bits per heavy atom. The molecule has 250 valence electrons. The van der Waals surface area contributed by atoms with Gasteiger partial charge in [0.15, 0.2) is 29.2 Å². The van der Waals surface area contributed by atoms with E-state index in [1.165, 1.54) is 19.4 Å². The molecule has 0 radical (unpaired) electrons. The molecule has 12 nitrogen and oxygen atoms in total. The van der Waals surface area contributed by atoms with E-state index < -0.39 is 24.3 Å². The first-order valence-corrected chi connectivity index (χ1v) is 15.8. The number of nitrogens with one attached hydrogen (secondary N) is 3. The average molecular weight is 763 g/mol. The minimum atomic E-state index is -1.19. The van der Waals surface area contributed by atoms with Gasteiger partial charge < -0.3 is 39.4 Å². The average Bonchev–Trinajstić information content (AvgIpc) is 3.04. The van der Waals surface area contributed by atoms with Crippen LogP contribution in [0.2, 0.25) is 0 Å². The van der Waals surface area contributed by atoms with Gasteiger partial charge in [0.25, 0.3) is 0 Å². The molecule has 0 saturated carbocycles. The summed E-state index contributed by atoms with van der Waals surface area (Å²) in [5.41, 5.74) is 4.93. The summed E-state index contributed by atoms with van der Waals surface area (Å²) in [6.45, 7) is 5.83. The number of urea groups is 1. The van der Waals surface area contributed by atoms with Crippen molar-refractivity contribution < 1.29 is 42.8 Å². The van der Waals surface area contributed by atoms with Crippen LogP contribution in [-0.2, 0) is 16.1 Å². The lowest BCUT2D eigenvalue weighted by molar-refractivity contribution is -0.136. The van der Waals surface area contributed by atoms with E-state index in [1.807, 2.05) is 13.0 Å². The standard InChI is InChI=1S/C33H36FIN4O8/c1-5-44-26-15-21(30-29(32(41)43-4)19(3)37-33(42)38-30)11-12-25(26)46-18-28(40)39-36-16-20-13-24(35)31(27(14-20)45-6-2)47-17-22-9-7-8-10-23(22)34/h7-16,28,30,39-40H,5-6,17-18H2,1-4H3,(H2,37,38,42)/b36-16-/t28-,30-/m1/s1. The van der Waals surface area contributed by atoms with Gasteiger partial charge in [-0.1, -0.05) is 24.3 Å². The molecule has 2 atom stereocenters. The van der Waals surface area contributed by atoms with Gasteiger partial charge in [-0.05, 0) is 84.8 Å². The summed E-state index contributed by atoms with van der Waals surface area (Å²) in [6.07, 6.45) is 0.325. The van der Waals surface area contributed by atoms with E-state index in [4.69, 9.17) is 23.7 Å². The number of halogens is 2. The van der Waals surface area contributed by atoms with Crippen LogP contribution in [0.25, 0.3) is 0 Å². The largest absolute Gasteiger partial charge is 0.490 e. The second-order valence-corrected chi connectivity index (χ2v) is 11.2. The molecular formula is C33H36FIN4O8. The van der Waals surface area contributed by atoms with Gasteiger partial charge in [-0.3, -0.25) is 5.43 Å². The van der Waals surface area contributed by atoms with Gasteiger partial charge in [-0.25, -0.2) is 14.0 Å². The maximum atomic E-state index is 14.1. The Labute approximate surface area is 285 Å². The van der Waals surface area contributed by atoms with E-state index in [-0.39, 0.29) is 24.6 Å². The highest BCUT2D eigenvalue weighted by atomic mass is 127. The van der Waals surface area contributed by atoms with E-state index in [1.54, 1.807) is 56.3 Å². The van der Waals surface area contributed by atoms with Crippen molar-refractivity contribution in [2.24, 2.45) is 5.10 Å². The van der Waals surface area contributed by atoms with E-state index in [0.717, 1.165) is 3.57 Å². The number of benzene rings is 3. The number of aliphatic hydroxyl groups is 1. The molecule has 0 unspecified atom stereocenters. The number of aliphatic hydroxyl groups excluding tert-OH is 1. The molecule has 4 N–H and O–H groups in total. The van der Waals surface area contributed by atoms with Gasteiger partial charge in [0.05, 0.1) is 41.7 Å². The lowest BCUT2D eigenvalue weighted by Crippen LogP contribution is -2.45. The third-order valence-electron chi connectivity index (χ3n) is 6.77. The van der Waals surface area contributed by atoms with Crippen LogP contribution in [0.15, 0.2) is 71.0 Å². The Morgan fingerprint density at radius 2 is 1.81 bits per heavy atom. The fourth-order valence-corrected chi connectivity index (χ4v) is 5.43. The van der Waals surface area contributed by atoms with Crippen molar-refractivity contribution in [2.75, 3.05) is 26.9 Å². The molecule has 2 amide bonds. The fraction of sp³-hybridized carbons (Fsp3) is 0.303. The molecule has 0 fully saturated rings. The Balaban J connectivity index is 1.40. The van der Waals surface area contributed by atoms with Crippen molar-refractivity contribution in [2.45, 2.75) is 39.6 Å². The van der Waals surface area contributed by atoms with Crippen molar-refractivity contribution >= 4 is 40.8 Å². The summed E-state index contributed by atoms with van der Waals surface area (Å²) in [5, 5.41) is 20.0. The summed E-state index contributed by atoms with van der Waals surface area (Å²) >= 11 is 2.11. The summed E-state index contributed by atoms with van der Waals surface area (Å²) in [6, 6.07) is 13.7. The highest BCUT2D eigenvalue weighted by molar-refractivity contribution is 14.1. The summed E-state index contributed by atoms with van der Waals surface area (Å²) in [4.78, 5) is 24.6. The van der Waals surface area contributed by atoms with Crippen LogP contribution in [0, 0.1) is 9.39 Å². The first-order chi connectivity index (χ1) is 22.6. The fourth-order valence-electron chi connectivity index (χ4n) is 4.65. The SMILES string of the molecule is CCOc1cc([C@H]2NC(=O)NC(C)=C2C(=O)OC)ccc1OC[C@@H](O)N/N=C\c1cc(I)c(OCc2ccccc2F)c(OCC)c1. The Hall–Kier alpha value is -4.57. The van der Waals surface area contributed by atoms with Crippen molar-refractivity contribution in [3.8, 4) is 23.0 Å². The zero-order valence-corrected chi connectivity index (χ0v) is 28.4. The number of rotatable bonds is 15. The monoisotopic (exact) mass is 762 g/mol. The minimum absolute atomic E-state index is 0.0392. The molecule has 14 heteroatoms. The van der Waals surface area contributed by atoms with Crippen molar-refractivity contribution in [1.29, 1.82) is 0 Å². The predicted octanol–water partition coefficient (Wildman–Crippen LogP) is 4.93. The molecule has 0 aromatic heterocycles. The number of esters is 1. The highest BCUT2D eigenvalue weighted by Gasteiger charge is 2.32. The Kier molecular flexibility index (Phi) is 12.6. The van der Waals surface area contributed by atoms with Crippen molar-refractivity contribution in [3.63, 3.8) is 0 Å². The highest BCUT2D eigenvalue weighted by Crippen LogP contribution is 2.36. The summed E-state index contributed by atoms with van der Waals surface area (Å²) in [7, 11) is 1.27. The van der Waals surface area contributed by atoms with Gasteiger partial charge in [0.2, 0.25) is 0 Å². The van der Waals surface area contributed by atoms with E-state index in [0.29, 0.717) is 58.6 Å². The van der Waals surface area contributed by atoms with Crippen molar-refractivity contribution in [1.82, 2.24) is 16.1 Å². The third kappa shape index (κ3) is 9.25. The first kappa shape index (κ1) is 35.3. The lowest BCUT2D eigenvalue weighted by atomic mass is 9.95. The van der Waals surface area contributed by atoms with Crippen LogP contribution in [0.4, 0.5) is 9.18 Å². The number of nitrogens with zero attached hydrogens (tertiary/aromatic N) is 1. The van der Waals surface area contributed by atoms with Crippen LogP contribution in [-0.4, -0.2) is 56.5 Å². The Morgan fingerprint density at radius 1 is 1.06 bits per heavy atom. The van der Waals surface area contributed by atoms with E-state index in [9.17, 15) is 19.1 Å². The number of hydrazone groups is 1. The smallest absolute Gasteiger partial charge is 0.337 e. The number of carbonyl (C=O) groups excluding carboxylic acids is 2. The van der Waals surface area contributed by atoms with Gasteiger partial charge >= 0.3 is 12.0 Å². The van der Waals surface area contributed by atoms with Gasteiger partial charge in [0, 0.05) is 11.3 Å². The summed E-state index contributed by atoms with van der Waals surface area (Å²) < 4.78 is 43.0. The number of carbonyl (C=O) groups is 2. The number of amides is 2. The molecule has 3 aromatic rings. The maximum Gasteiger partial charge on any atom is 0.337 e. The van der Waals surface area contributed by atoms with Crippen LogP contribution in [0.1, 0.15) is 43.5 Å². The number of ether oxygens (including phenoxy) is 5. The predicted molar refractivity (Wildman–Crippen MR) is 180 cm³/mol. The number of methoxy groups -OCH3 is 1. The maximum absolute atomic E-state index is 14.1. The van der Waals surface area contributed by atoms with Crippen LogP contribution < -0.4 is 35.0 Å². The van der Waals surface area contributed by atoms with E-state index in [2.05, 4.69) is 43.8 Å². The third-order valence-corrected chi connectivity index (χ3v) is 7.57. The zero-order valence-electron chi connectivity index (χ0n) is 26.3. The molecule has 0 saturated heterocycles. The number of hydrogen-bond donors (Lipinski definition) is 4. The summed E-state index contributed by atoms with van der Waals surface area (Å²) in [5.74, 6) is 0.717. The first-order valence-electron chi connectivity index (χ1n) is 14.7.